The topological polar surface area (TPSA) is 100 Å². The maximum Gasteiger partial charge on any atom is 0.407 e. The van der Waals surface area contributed by atoms with Crippen LogP contribution < -0.4 is 5.32 Å². The molecule has 0 aliphatic heterocycles. The number of carbonyl (C=O) groups is 3. The van der Waals surface area contributed by atoms with E-state index in [2.05, 4.69) is 5.32 Å². The molecule has 0 saturated heterocycles. The monoisotopic (exact) mass is 437 g/mol. The van der Waals surface area contributed by atoms with Gasteiger partial charge >= 0.3 is 18.0 Å². The third kappa shape index (κ3) is 9.83. The molecule has 0 heterocycles. The van der Waals surface area contributed by atoms with Crippen molar-refractivity contribution in [1.82, 2.24) is 5.32 Å². The van der Waals surface area contributed by atoms with E-state index in [9.17, 15) is 14.4 Å². The molecular weight excluding hydrogens is 402 g/mol. The zero-order chi connectivity index (χ0) is 23.4. The summed E-state index contributed by atoms with van der Waals surface area (Å²) in [4.78, 5) is 37.4. The number of nitrogens with one attached hydrogen (secondary N) is 1. The third-order valence-electron chi connectivity index (χ3n) is 4.35. The Labute approximate surface area is 184 Å². The second-order valence-corrected chi connectivity index (χ2v) is 8.09. The van der Waals surface area contributed by atoms with E-state index in [4.69, 9.17) is 18.9 Å². The smallest absolute Gasteiger partial charge is 0.407 e. The number of hydrogen-bond acceptors (Lipinski definition) is 7. The van der Waals surface area contributed by atoms with Gasteiger partial charge in [-0.2, -0.15) is 0 Å². The molecule has 0 bridgehead atoms. The van der Waals surface area contributed by atoms with Gasteiger partial charge in [0, 0.05) is 5.92 Å². The molecule has 0 saturated carbocycles. The van der Waals surface area contributed by atoms with Crippen LogP contribution in [0.4, 0.5) is 4.79 Å². The molecule has 1 aromatic carbocycles. The number of carbonyl (C=O) groups excluding carboxylic acids is 3. The minimum atomic E-state index is -1.21. The maximum atomic E-state index is 12.5. The quantitative estimate of drug-likeness (QED) is 0.321. The molecule has 0 radical (unpaired) electrons. The van der Waals surface area contributed by atoms with Crippen molar-refractivity contribution in [3.05, 3.63) is 35.9 Å². The van der Waals surface area contributed by atoms with Crippen LogP contribution in [0, 0.1) is 11.8 Å². The maximum absolute atomic E-state index is 12.5. The van der Waals surface area contributed by atoms with Crippen LogP contribution >= 0.6 is 0 Å². The molecular formula is C23H35NO7. The summed E-state index contributed by atoms with van der Waals surface area (Å²) >= 11 is 0. The number of hydrogen-bond donors (Lipinski definition) is 1. The minimum absolute atomic E-state index is 0.0601. The van der Waals surface area contributed by atoms with E-state index in [1.165, 1.54) is 0 Å². The van der Waals surface area contributed by atoms with Crippen molar-refractivity contribution in [3.8, 4) is 0 Å². The van der Waals surface area contributed by atoms with Gasteiger partial charge in [0.1, 0.15) is 5.60 Å². The van der Waals surface area contributed by atoms with E-state index in [0.29, 0.717) is 6.61 Å². The Bertz CT molecular complexity index is 682. The van der Waals surface area contributed by atoms with E-state index >= 15 is 0 Å². The van der Waals surface area contributed by atoms with Crippen molar-refractivity contribution in [2.45, 2.75) is 59.8 Å². The fourth-order valence-electron chi connectivity index (χ4n) is 2.88. The number of amides is 1. The molecule has 2 atom stereocenters. The Hall–Kier alpha value is -2.61. The molecule has 1 aromatic rings. The molecule has 0 aliphatic rings. The van der Waals surface area contributed by atoms with Crippen LogP contribution in [0.3, 0.4) is 0 Å². The predicted octanol–water partition coefficient (Wildman–Crippen LogP) is 3.48. The Morgan fingerprint density at radius 2 is 1.52 bits per heavy atom. The molecule has 174 valence electrons. The molecule has 1 N–H and O–H groups in total. The molecule has 0 spiro atoms. The Morgan fingerprint density at radius 3 is 2.00 bits per heavy atom. The number of ether oxygens (including phenoxy) is 4. The molecule has 1 rings (SSSR count). The SMILES string of the molecule is CCOC(=O)C(C(=O)OCC)C(C)C(COCc1ccccc1)NC(=O)OC(C)(C)C. The summed E-state index contributed by atoms with van der Waals surface area (Å²) in [6.45, 7) is 10.8. The summed E-state index contributed by atoms with van der Waals surface area (Å²) < 4.78 is 21.3. The first kappa shape index (κ1) is 26.4. The highest BCUT2D eigenvalue weighted by Gasteiger charge is 2.40. The van der Waals surface area contributed by atoms with Gasteiger partial charge in [-0.1, -0.05) is 37.3 Å². The average Bonchev–Trinajstić information content (AvgIpc) is 2.67. The van der Waals surface area contributed by atoms with E-state index in [-0.39, 0.29) is 19.8 Å². The van der Waals surface area contributed by atoms with Gasteiger partial charge < -0.3 is 24.3 Å². The molecule has 2 unspecified atom stereocenters. The van der Waals surface area contributed by atoms with Crippen LogP contribution in [-0.2, 0) is 35.1 Å². The number of esters is 2. The average molecular weight is 438 g/mol. The number of benzene rings is 1. The lowest BCUT2D eigenvalue weighted by Crippen LogP contribution is -2.50. The summed E-state index contributed by atoms with van der Waals surface area (Å²) in [5.41, 5.74) is 0.253. The van der Waals surface area contributed by atoms with Crippen LogP contribution in [0.1, 0.15) is 47.1 Å². The Morgan fingerprint density at radius 1 is 0.968 bits per heavy atom. The van der Waals surface area contributed by atoms with E-state index < -0.39 is 41.5 Å². The predicted molar refractivity (Wildman–Crippen MR) is 115 cm³/mol. The first-order valence-corrected chi connectivity index (χ1v) is 10.5. The van der Waals surface area contributed by atoms with Crippen LogP contribution in [0.5, 0.6) is 0 Å². The Kier molecular flexibility index (Phi) is 11.0. The largest absolute Gasteiger partial charge is 0.465 e. The molecule has 31 heavy (non-hydrogen) atoms. The standard InChI is InChI=1S/C23H35NO7/c1-7-29-20(25)19(21(26)30-8-2)16(3)18(24-22(27)31-23(4,5)6)15-28-14-17-12-10-9-11-13-17/h9-13,16,18-19H,7-8,14-15H2,1-6H3,(H,24,27). The fraction of sp³-hybridized carbons (Fsp3) is 0.609. The number of rotatable bonds is 11. The summed E-state index contributed by atoms with van der Waals surface area (Å²) in [7, 11) is 0. The summed E-state index contributed by atoms with van der Waals surface area (Å²) in [5, 5.41) is 2.73. The van der Waals surface area contributed by atoms with Crippen LogP contribution in [-0.4, -0.2) is 49.5 Å². The van der Waals surface area contributed by atoms with E-state index in [0.717, 1.165) is 5.56 Å². The summed E-state index contributed by atoms with van der Waals surface area (Å²) in [6.07, 6.45) is -0.667. The second kappa shape index (κ2) is 12.9. The van der Waals surface area contributed by atoms with Gasteiger partial charge in [-0.3, -0.25) is 9.59 Å². The van der Waals surface area contributed by atoms with Gasteiger partial charge in [-0.25, -0.2) is 4.79 Å². The normalized spacial score (nSPS) is 13.3. The lowest BCUT2D eigenvalue weighted by atomic mass is 9.87. The van der Waals surface area contributed by atoms with Crippen molar-refractivity contribution in [2.24, 2.45) is 11.8 Å². The molecule has 0 fully saturated rings. The Balaban J connectivity index is 3.01. The van der Waals surface area contributed by atoms with Crippen LogP contribution in [0.15, 0.2) is 30.3 Å². The van der Waals surface area contributed by atoms with Crippen molar-refractivity contribution >= 4 is 18.0 Å². The highest BCUT2D eigenvalue weighted by molar-refractivity contribution is 5.95. The molecule has 8 nitrogen and oxygen atoms in total. The van der Waals surface area contributed by atoms with E-state index in [1.54, 1.807) is 41.5 Å². The van der Waals surface area contributed by atoms with Gasteiger partial charge in [0.15, 0.2) is 5.92 Å². The van der Waals surface area contributed by atoms with Gasteiger partial charge in [0.05, 0.1) is 32.5 Å². The van der Waals surface area contributed by atoms with Gasteiger partial charge in [-0.15, -0.1) is 0 Å². The first-order valence-electron chi connectivity index (χ1n) is 10.5. The lowest BCUT2D eigenvalue weighted by molar-refractivity contribution is -0.165. The second-order valence-electron chi connectivity index (χ2n) is 8.09. The summed E-state index contributed by atoms with van der Waals surface area (Å²) in [5.74, 6) is -3.28. The molecule has 1 amide bonds. The van der Waals surface area contributed by atoms with Gasteiger partial charge in [-0.05, 0) is 40.2 Å². The van der Waals surface area contributed by atoms with E-state index in [1.807, 2.05) is 30.3 Å². The van der Waals surface area contributed by atoms with Gasteiger partial charge in [0.2, 0.25) is 0 Å². The fourth-order valence-corrected chi connectivity index (χ4v) is 2.88. The highest BCUT2D eigenvalue weighted by atomic mass is 16.6. The lowest BCUT2D eigenvalue weighted by Gasteiger charge is -2.30. The van der Waals surface area contributed by atoms with Crippen molar-refractivity contribution < 1.29 is 33.3 Å². The van der Waals surface area contributed by atoms with Gasteiger partial charge in [0.25, 0.3) is 0 Å². The molecule has 0 aliphatic carbocycles. The first-order chi connectivity index (χ1) is 14.6. The molecule has 0 aromatic heterocycles. The zero-order valence-electron chi connectivity index (χ0n) is 19.3. The zero-order valence-corrected chi connectivity index (χ0v) is 19.3. The van der Waals surface area contributed by atoms with Crippen molar-refractivity contribution in [2.75, 3.05) is 19.8 Å². The molecule has 8 heteroatoms. The number of alkyl carbamates (subject to hydrolysis) is 1. The van der Waals surface area contributed by atoms with Crippen LogP contribution in [0.2, 0.25) is 0 Å². The van der Waals surface area contributed by atoms with Crippen LogP contribution in [0.25, 0.3) is 0 Å². The third-order valence-corrected chi connectivity index (χ3v) is 4.35. The van der Waals surface area contributed by atoms with Crippen molar-refractivity contribution in [3.63, 3.8) is 0 Å². The minimum Gasteiger partial charge on any atom is -0.465 e. The summed E-state index contributed by atoms with van der Waals surface area (Å²) in [6, 6.07) is 8.84. The highest BCUT2D eigenvalue weighted by Crippen LogP contribution is 2.21. The van der Waals surface area contributed by atoms with Crippen molar-refractivity contribution in [1.29, 1.82) is 0 Å².